The molecule has 0 aliphatic heterocycles. The zero-order valence-electron chi connectivity index (χ0n) is 9.94. The number of nitrogens with one attached hydrogen (secondary N) is 1. The van der Waals surface area contributed by atoms with Crippen LogP contribution in [0.15, 0.2) is 30.3 Å². The highest BCUT2D eigenvalue weighted by Gasteiger charge is 1.99. The van der Waals surface area contributed by atoms with Crippen LogP contribution in [-0.2, 0) is 4.79 Å². The first-order valence-electron chi connectivity index (χ1n) is 5.24. The van der Waals surface area contributed by atoms with Gasteiger partial charge in [-0.1, -0.05) is 18.1 Å². The Morgan fingerprint density at radius 2 is 2.12 bits per heavy atom. The molecule has 1 aromatic rings. The number of amides is 1. The molecule has 88 valence electrons. The lowest BCUT2D eigenvalue weighted by Gasteiger charge is -2.03. The van der Waals surface area contributed by atoms with Gasteiger partial charge in [0, 0.05) is 6.08 Å². The quantitative estimate of drug-likeness (QED) is 0.632. The van der Waals surface area contributed by atoms with Gasteiger partial charge in [-0.2, -0.15) is 0 Å². The average Bonchev–Trinajstić information content (AvgIpc) is 2.36. The fourth-order valence-corrected chi connectivity index (χ4v) is 1.19. The number of ether oxygens (including phenoxy) is 1. The number of methoxy groups -OCH3 is 1. The summed E-state index contributed by atoms with van der Waals surface area (Å²) in [7, 11) is 1.61. The third-order valence-corrected chi connectivity index (χ3v) is 2.15. The van der Waals surface area contributed by atoms with Gasteiger partial charge in [-0.15, -0.1) is 6.42 Å². The lowest BCUT2D eigenvalue weighted by Crippen LogP contribution is -2.29. The molecular weight excluding hydrogens is 214 g/mol. The van der Waals surface area contributed by atoms with Crippen LogP contribution in [0, 0.1) is 12.3 Å². The van der Waals surface area contributed by atoms with Crippen molar-refractivity contribution in [2.45, 2.75) is 13.0 Å². The summed E-state index contributed by atoms with van der Waals surface area (Å²) in [5.41, 5.74) is 0.925. The molecule has 0 aromatic heterocycles. The molecule has 0 radical (unpaired) electrons. The van der Waals surface area contributed by atoms with Crippen molar-refractivity contribution in [1.82, 2.24) is 5.32 Å². The van der Waals surface area contributed by atoms with Crippen molar-refractivity contribution in [1.29, 1.82) is 0 Å². The molecule has 0 heterocycles. The van der Waals surface area contributed by atoms with Crippen LogP contribution in [0.4, 0.5) is 0 Å². The molecule has 0 aliphatic carbocycles. The van der Waals surface area contributed by atoms with E-state index in [4.69, 9.17) is 11.2 Å². The molecule has 1 aromatic carbocycles. The van der Waals surface area contributed by atoms with Gasteiger partial charge in [0.15, 0.2) is 0 Å². The second-order valence-electron chi connectivity index (χ2n) is 3.50. The van der Waals surface area contributed by atoms with Crippen LogP contribution < -0.4 is 10.1 Å². The van der Waals surface area contributed by atoms with E-state index in [0.29, 0.717) is 0 Å². The van der Waals surface area contributed by atoms with Gasteiger partial charge in [-0.25, -0.2) is 0 Å². The van der Waals surface area contributed by atoms with Crippen molar-refractivity contribution in [3.63, 3.8) is 0 Å². The van der Waals surface area contributed by atoms with Gasteiger partial charge < -0.3 is 10.1 Å². The molecule has 17 heavy (non-hydrogen) atoms. The van der Waals surface area contributed by atoms with Crippen molar-refractivity contribution in [2.24, 2.45) is 0 Å². The molecule has 0 spiro atoms. The number of hydrogen-bond acceptors (Lipinski definition) is 2. The van der Waals surface area contributed by atoms with Crippen molar-refractivity contribution in [3.8, 4) is 18.1 Å². The Hall–Kier alpha value is -2.21. The predicted octanol–water partition coefficient (Wildman–Crippen LogP) is 1.85. The van der Waals surface area contributed by atoms with Crippen molar-refractivity contribution >= 4 is 12.0 Å². The summed E-state index contributed by atoms with van der Waals surface area (Å²) >= 11 is 0. The van der Waals surface area contributed by atoms with E-state index < -0.39 is 0 Å². The van der Waals surface area contributed by atoms with Gasteiger partial charge in [-0.05, 0) is 30.7 Å². The zero-order valence-corrected chi connectivity index (χ0v) is 9.94. The molecular formula is C14H15NO2. The van der Waals surface area contributed by atoms with Gasteiger partial charge in [0.25, 0.3) is 0 Å². The Morgan fingerprint density at radius 3 is 2.65 bits per heavy atom. The molecule has 0 saturated carbocycles. The fourth-order valence-electron chi connectivity index (χ4n) is 1.19. The third-order valence-electron chi connectivity index (χ3n) is 2.15. The summed E-state index contributed by atoms with van der Waals surface area (Å²) < 4.78 is 5.04. The standard InChI is InChI=1S/C14H15NO2/c1-4-11(2)15-14(16)10-7-12-5-8-13(17-3)9-6-12/h1,5-11H,2-3H3,(H,15,16)/b10-7+. The molecule has 0 saturated heterocycles. The van der Waals surface area contributed by atoms with E-state index in [1.165, 1.54) is 6.08 Å². The minimum atomic E-state index is -0.261. The highest BCUT2D eigenvalue weighted by molar-refractivity contribution is 5.92. The summed E-state index contributed by atoms with van der Waals surface area (Å²) in [6.07, 6.45) is 8.33. The van der Waals surface area contributed by atoms with E-state index in [1.807, 2.05) is 24.3 Å². The molecule has 1 unspecified atom stereocenters. The predicted molar refractivity (Wildman–Crippen MR) is 68.5 cm³/mol. The van der Waals surface area contributed by atoms with E-state index in [2.05, 4.69) is 11.2 Å². The molecule has 0 bridgehead atoms. The van der Waals surface area contributed by atoms with Gasteiger partial charge >= 0.3 is 0 Å². The second-order valence-corrected chi connectivity index (χ2v) is 3.50. The van der Waals surface area contributed by atoms with Crippen LogP contribution in [0.2, 0.25) is 0 Å². The van der Waals surface area contributed by atoms with Crippen LogP contribution in [0.5, 0.6) is 5.75 Å². The maximum atomic E-state index is 11.4. The first-order chi connectivity index (χ1) is 8.15. The van der Waals surface area contributed by atoms with E-state index in [9.17, 15) is 4.79 Å². The third kappa shape index (κ3) is 4.43. The van der Waals surface area contributed by atoms with E-state index >= 15 is 0 Å². The van der Waals surface area contributed by atoms with Crippen molar-refractivity contribution in [3.05, 3.63) is 35.9 Å². The van der Waals surface area contributed by atoms with E-state index in [-0.39, 0.29) is 11.9 Å². The molecule has 1 rings (SSSR count). The lowest BCUT2D eigenvalue weighted by molar-refractivity contribution is -0.116. The zero-order chi connectivity index (χ0) is 12.7. The lowest BCUT2D eigenvalue weighted by atomic mass is 10.2. The summed E-state index contributed by atoms with van der Waals surface area (Å²) in [5, 5.41) is 2.64. The summed E-state index contributed by atoms with van der Waals surface area (Å²) in [4.78, 5) is 11.4. The van der Waals surface area contributed by atoms with Gasteiger partial charge in [0.05, 0.1) is 13.2 Å². The Bertz CT molecular complexity index is 440. The Balaban J connectivity index is 2.58. The first kappa shape index (κ1) is 12.9. The van der Waals surface area contributed by atoms with Crippen LogP contribution in [0.3, 0.4) is 0 Å². The topological polar surface area (TPSA) is 38.3 Å². The maximum absolute atomic E-state index is 11.4. The molecule has 1 N–H and O–H groups in total. The largest absolute Gasteiger partial charge is 0.497 e. The number of carbonyl (C=O) groups excluding carboxylic acids is 1. The minimum absolute atomic E-state index is 0.203. The maximum Gasteiger partial charge on any atom is 0.244 e. The Kier molecular flexibility index (Phi) is 4.83. The van der Waals surface area contributed by atoms with Crippen LogP contribution in [0.25, 0.3) is 6.08 Å². The van der Waals surface area contributed by atoms with Crippen LogP contribution in [-0.4, -0.2) is 19.1 Å². The molecule has 3 heteroatoms. The second kappa shape index (κ2) is 6.39. The minimum Gasteiger partial charge on any atom is -0.497 e. The fraction of sp³-hybridized carbons (Fsp3) is 0.214. The number of benzene rings is 1. The number of hydrogen-bond donors (Lipinski definition) is 1. The number of rotatable bonds is 4. The van der Waals surface area contributed by atoms with Gasteiger partial charge in [0.1, 0.15) is 5.75 Å². The molecule has 1 amide bonds. The number of carbonyl (C=O) groups is 1. The van der Waals surface area contributed by atoms with Gasteiger partial charge in [-0.3, -0.25) is 4.79 Å². The summed E-state index contributed by atoms with van der Waals surface area (Å²) in [6.45, 7) is 1.75. The van der Waals surface area contributed by atoms with Crippen LogP contribution in [0.1, 0.15) is 12.5 Å². The van der Waals surface area contributed by atoms with E-state index in [1.54, 1.807) is 20.1 Å². The SMILES string of the molecule is C#CC(C)NC(=O)/C=C/c1ccc(OC)cc1. The smallest absolute Gasteiger partial charge is 0.244 e. The average molecular weight is 229 g/mol. The molecule has 3 nitrogen and oxygen atoms in total. The van der Waals surface area contributed by atoms with Crippen LogP contribution >= 0.6 is 0 Å². The monoisotopic (exact) mass is 229 g/mol. The highest BCUT2D eigenvalue weighted by Crippen LogP contribution is 2.12. The molecule has 1 atom stereocenters. The highest BCUT2D eigenvalue weighted by atomic mass is 16.5. The normalized spacial score (nSPS) is 11.8. The van der Waals surface area contributed by atoms with E-state index in [0.717, 1.165) is 11.3 Å². The van der Waals surface area contributed by atoms with Crippen molar-refractivity contribution in [2.75, 3.05) is 7.11 Å². The van der Waals surface area contributed by atoms with Gasteiger partial charge in [0.2, 0.25) is 5.91 Å². The summed E-state index contributed by atoms with van der Waals surface area (Å²) in [5.74, 6) is 3.01. The molecule has 0 fully saturated rings. The Labute approximate surface area is 101 Å². The summed E-state index contributed by atoms with van der Waals surface area (Å²) in [6, 6.07) is 7.15. The number of terminal acetylenes is 1. The Morgan fingerprint density at radius 1 is 1.47 bits per heavy atom. The first-order valence-corrected chi connectivity index (χ1v) is 5.24. The molecule has 0 aliphatic rings. The van der Waals surface area contributed by atoms with Crippen molar-refractivity contribution < 1.29 is 9.53 Å².